The summed E-state index contributed by atoms with van der Waals surface area (Å²) in [7, 11) is 1.57. The Labute approximate surface area is 130 Å². The molecule has 6 heteroatoms. The number of hydrogen-bond acceptors (Lipinski definition) is 3. The lowest BCUT2D eigenvalue weighted by Crippen LogP contribution is -2.28. The lowest BCUT2D eigenvalue weighted by molar-refractivity contribution is 0.251. The van der Waals surface area contributed by atoms with E-state index in [4.69, 9.17) is 4.74 Å². The highest BCUT2D eigenvalue weighted by Crippen LogP contribution is 2.22. The van der Waals surface area contributed by atoms with E-state index < -0.39 is 0 Å². The zero-order chi connectivity index (χ0) is 16.1. The van der Waals surface area contributed by atoms with Crippen molar-refractivity contribution < 1.29 is 9.53 Å². The molecule has 1 aromatic heterocycles. The number of para-hydroxylation sites is 2. The molecule has 0 radical (unpaired) electrons. The molecule has 0 aliphatic carbocycles. The molecule has 1 heterocycles. The van der Waals surface area contributed by atoms with Crippen molar-refractivity contribution in [1.29, 1.82) is 0 Å². The van der Waals surface area contributed by atoms with E-state index in [0.29, 0.717) is 18.0 Å². The molecule has 1 aromatic carbocycles. The van der Waals surface area contributed by atoms with Crippen LogP contribution in [0.3, 0.4) is 0 Å². The largest absolute Gasteiger partial charge is 0.495 e. The van der Waals surface area contributed by atoms with Gasteiger partial charge in [-0.2, -0.15) is 5.10 Å². The number of hydrogen-bond donors (Lipinski definition) is 2. The Balaban J connectivity index is 2.00. The molecule has 2 amide bonds. The van der Waals surface area contributed by atoms with Gasteiger partial charge in [-0.25, -0.2) is 4.79 Å². The average molecular weight is 302 g/mol. The van der Waals surface area contributed by atoms with Gasteiger partial charge in [0.05, 0.1) is 18.5 Å². The van der Waals surface area contributed by atoms with Gasteiger partial charge in [0.25, 0.3) is 0 Å². The van der Waals surface area contributed by atoms with Crippen LogP contribution in [0.25, 0.3) is 0 Å². The van der Waals surface area contributed by atoms with E-state index in [9.17, 15) is 4.79 Å². The zero-order valence-electron chi connectivity index (χ0n) is 13.4. The number of amides is 2. The van der Waals surface area contributed by atoms with Crippen LogP contribution in [0.4, 0.5) is 10.5 Å². The number of aromatic nitrogens is 2. The fraction of sp³-hybridized carbons (Fsp3) is 0.375. The van der Waals surface area contributed by atoms with Gasteiger partial charge in [-0.15, -0.1) is 0 Å². The Morgan fingerprint density at radius 3 is 2.68 bits per heavy atom. The summed E-state index contributed by atoms with van der Waals surface area (Å²) in [6.45, 7) is 7.27. The quantitative estimate of drug-likeness (QED) is 0.892. The van der Waals surface area contributed by atoms with Gasteiger partial charge in [0.1, 0.15) is 5.75 Å². The van der Waals surface area contributed by atoms with Gasteiger partial charge >= 0.3 is 6.03 Å². The number of ether oxygens (including phenoxy) is 1. The molecule has 22 heavy (non-hydrogen) atoms. The second-order valence-corrected chi connectivity index (χ2v) is 4.97. The van der Waals surface area contributed by atoms with Crippen LogP contribution in [0.15, 0.2) is 24.3 Å². The Hall–Kier alpha value is -2.50. The maximum absolute atomic E-state index is 12.0. The Morgan fingerprint density at radius 1 is 1.32 bits per heavy atom. The monoisotopic (exact) mass is 302 g/mol. The van der Waals surface area contributed by atoms with E-state index >= 15 is 0 Å². The highest BCUT2D eigenvalue weighted by molar-refractivity contribution is 5.90. The van der Waals surface area contributed by atoms with Crippen LogP contribution < -0.4 is 15.4 Å². The number of carbonyl (C=O) groups is 1. The highest BCUT2D eigenvalue weighted by atomic mass is 16.5. The van der Waals surface area contributed by atoms with E-state index in [-0.39, 0.29) is 6.03 Å². The standard InChI is InChI=1S/C16H22N4O2/c1-5-20-12(3)13(11(2)19-20)10-17-16(21)18-14-8-6-7-9-15(14)22-4/h6-9H,5,10H2,1-4H3,(H2,17,18,21). The summed E-state index contributed by atoms with van der Waals surface area (Å²) >= 11 is 0. The normalized spacial score (nSPS) is 10.4. The lowest BCUT2D eigenvalue weighted by atomic mass is 10.2. The molecule has 0 atom stereocenters. The number of carbonyl (C=O) groups excluding carboxylic acids is 1. The average Bonchev–Trinajstić information content (AvgIpc) is 2.80. The number of benzene rings is 1. The molecular weight excluding hydrogens is 280 g/mol. The fourth-order valence-corrected chi connectivity index (χ4v) is 2.38. The minimum atomic E-state index is -0.271. The molecular formula is C16H22N4O2. The second kappa shape index (κ2) is 6.98. The van der Waals surface area contributed by atoms with Crippen molar-refractivity contribution in [2.45, 2.75) is 33.9 Å². The van der Waals surface area contributed by atoms with E-state index in [1.807, 2.05) is 37.6 Å². The molecule has 2 rings (SSSR count). The van der Waals surface area contributed by atoms with Crippen LogP contribution in [0.1, 0.15) is 23.9 Å². The molecule has 0 spiro atoms. The van der Waals surface area contributed by atoms with Crippen molar-refractivity contribution in [3.63, 3.8) is 0 Å². The van der Waals surface area contributed by atoms with Crippen molar-refractivity contribution >= 4 is 11.7 Å². The summed E-state index contributed by atoms with van der Waals surface area (Å²) < 4.78 is 7.14. The van der Waals surface area contributed by atoms with Gasteiger partial charge in [0.2, 0.25) is 0 Å². The summed E-state index contributed by atoms with van der Waals surface area (Å²) in [5, 5.41) is 10.1. The number of anilines is 1. The summed E-state index contributed by atoms with van der Waals surface area (Å²) in [5.74, 6) is 0.629. The number of nitrogens with one attached hydrogen (secondary N) is 2. The van der Waals surface area contributed by atoms with Gasteiger partial charge in [0, 0.05) is 24.3 Å². The minimum Gasteiger partial charge on any atom is -0.495 e. The number of rotatable bonds is 5. The maximum atomic E-state index is 12.0. The van der Waals surface area contributed by atoms with Crippen LogP contribution in [0.2, 0.25) is 0 Å². The molecule has 2 N–H and O–H groups in total. The second-order valence-electron chi connectivity index (χ2n) is 4.97. The zero-order valence-corrected chi connectivity index (χ0v) is 13.4. The Morgan fingerprint density at radius 2 is 2.05 bits per heavy atom. The topological polar surface area (TPSA) is 68.2 Å². The number of aryl methyl sites for hydroxylation is 2. The predicted molar refractivity (Wildman–Crippen MR) is 86.2 cm³/mol. The Bertz CT molecular complexity index is 664. The minimum absolute atomic E-state index is 0.271. The summed E-state index contributed by atoms with van der Waals surface area (Å²) in [6.07, 6.45) is 0. The van der Waals surface area contributed by atoms with Gasteiger partial charge in [-0.1, -0.05) is 12.1 Å². The summed E-state index contributed by atoms with van der Waals surface area (Å²) in [4.78, 5) is 12.0. The van der Waals surface area contributed by atoms with Crippen molar-refractivity contribution in [2.75, 3.05) is 12.4 Å². The first-order valence-corrected chi connectivity index (χ1v) is 7.27. The maximum Gasteiger partial charge on any atom is 0.319 e. The number of nitrogens with zero attached hydrogens (tertiary/aromatic N) is 2. The van der Waals surface area contributed by atoms with E-state index in [0.717, 1.165) is 23.5 Å². The van der Waals surface area contributed by atoms with E-state index in [2.05, 4.69) is 15.7 Å². The number of urea groups is 1. The van der Waals surface area contributed by atoms with Crippen molar-refractivity contribution in [1.82, 2.24) is 15.1 Å². The smallest absolute Gasteiger partial charge is 0.319 e. The van der Waals surface area contributed by atoms with Crippen LogP contribution >= 0.6 is 0 Å². The molecule has 0 saturated carbocycles. The summed E-state index contributed by atoms with van der Waals surface area (Å²) in [5.41, 5.74) is 3.71. The molecule has 0 fully saturated rings. The first kappa shape index (κ1) is 15.9. The molecule has 6 nitrogen and oxygen atoms in total. The van der Waals surface area contributed by atoms with Gasteiger partial charge in [-0.05, 0) is 32.9 Å². The molecule has 0 unspecified atom stereocenters. The summed E-state index contributed by atoms with van der Waals surface area (Å²) in [6, 6.07) is 7.03. The van der Waals surface area contributed by atoms with Crippen LogP contribution in [0.5, 0.6) is 5.75 Å². The van der Waals surface area contributed by atoms with E-state index in [1.165, 1.54) is 0 Å². The third-order valence-electron chi connectivity index (χ3n) is 3.61. The van der Waals surface area contributed by atoms with Crippen molar-refractivity contribution in [3.05, 3.63) is 41.2 Å². The third-order valence-corrected chi connectivity index (χ3v) is 3.61. The molecule has 0 aliphatic rings. The molecule has 2 aromatic rings. The van der Waals surface area contributed by atoms with Crippen LogP contribution in [-0.4, -0.2) is 22.9 Å². The van der Waals surface area contributed by atoms with Gasteiger partial charge < -0.3 is 15.4 Å². The third kappa shape index (κ3) is 3.39. The van der Waals surface area contributed by atoms with Crippen molar-refractivity contribution in [2.24, 2.45) is 0 Å². The van der Waals surface area contributed by atoms with Crippen LogP contribution in [0, 0.1) is 13.8 Å². The first-order valence-electron chi connectivity index (χ1n) is 7.27. The van der Waals surface area contributed by atoms with Gasteiger partial charge in [0.15, 0.2) is 0 Å². The molecule has 0 bridgehead atoms. The van der Waals surface area contributed by atoms with Crippen molar-refractivity contribution in [3.8, 4) is 5.75 Å². The number of methoxy groups -OCH3 is 1. The molecule has 118 valence electrons. The lowest BCUT2D eigenvalue weighted by Gasteiger charge is -2.11. The fourth-order valence-electron chi connectivity index (χ4n) is 2.38. The van der Waals surface area contributed by atoms with Gasteiger partial charge in [-0.3, -0.25) is 4.68 Å². The highest BCUT2D eigenvalue weighted by Gasteiger charge is 2.12. The SMILES string of the molecule is CCn1nc(C)c(CNC(=O)Nc2ccccc2OC)c1C. The predicted octanol–water partition coefficient (Wildman–Crippen LogP) is 2.85. The van der Waals surface area contributed by atoms with Crippen LogP contribution in [-0.2, 0) is 13.1 Å². The first-order chi connectivity index (χ1) is 10.6. The molecule has 0 saturated heterocycles. The van der Waals surface area contributed by atoms with E-state index in [1.54, 1.807) is 19.2 Å². The molecule has 0 aliphatic heterocycles. The Kier molecular flexibility index (Phi) is 5.04.